The molecule has 1 aliphatic carbocycles. The molecule has 0 atom stereocenters. The van der Waals surface area contributed by atoms with E-state index < -0.39 is 5.60 Å². The summed E-state index contributed by atoms with van der Waals surface area (Å²) in [7, 11) is 0. The molecule has 1 rings (SSSR count). The van der Waals surface area contributed by atoms with E-state index in [0.29, 0.717) is 18.4 Å². The first kappa shape index (κ1) is 9.96. The molecule has 0 saturated carbocycles. The average Bonchev–Trinajstić information content (AvgIpc) is 2.31. The van der Waals surface area contributed by atoms with Crippen LogP contribution >= 0.6 is 0 Å². The van der Waals surface area contributed by atoms with Crippen molar-refractivity contribution < 1.29 is 14.3 Å². The van der Waals surface area contributed by atoms with Crippen LogP contribution in [0.2, 0.25) is 0 Å². The van der Waals surface area contributed by atoms with Crippen LogP contribution in [0.4, 0.5) is 0 Å². The van der Waals surface area contributed by atoms with Crippen LogP contribution in [0.25, 0.3) is 0 Å². The Morgan fingerprint density at radius 2 is 2.00 bits per heavy atom. The first-order chi connectivity index (χ1) is 5.88. The quantitative estimate of drug-likeness (QED) is 0.579. The Morgan fingerprint density at radius 3 is 2.38 bits per heavy atom. The molecule has 0 N–H and O–H groups in total. The van der Waals surface area contributed by atoms with E-state index in [1.807, 2.05) is 20.8 Å². The van der Waals surface area contributed by atoms with E-state index in [9.17, 15) is 9.59 Å². The maximum atomic E-state index is 11.4. The number of carbonyl (C=O) groups excluding carboxylic acids is 2. The number of hydrogen-bond donors (Lipinski definition) is 0. The fourth-order valence-electron chi connectivity index (χ4n) is 1.10. The Kier molecular flexibility index (Phi) is 2.55. The van der Waals surface area contributed by atoms with Gasteiger partial charge in [-0.15, -0.1) is 0 Å². The van der Waals surface area contributed by atoms with Gasteiger partial charge in [-0.2, -0.15) is 0 Å². The molecule has 3 nitrogen and oxygen atoms in total. The minimum absolute atomic E-state index is 0.0147. The van der Waals surface area contributed by atoms with Crippen molar-refractivity contribution in [3.8, 4) is 0 Å². The third-order valence-electron chi connectivity index (χ3n) is 1.64. The van der Waals surface area contributed by atoms with Crippen molar-refractivity contribution >= 4 is 11.8 Å². The lowest BCUT2D eigenvalue weighted by Gasteiger charge is -2.19. The van der Waals surface area contributed by atoms with Gasteiger partial charge in [-0.1, -0.05) is 0 Å². The normalized spacial score (nSPS) is 17.2. The molecule has 0 aromatic carbocycles. The van der Waals surface area contributed by atoms with E-state index in [1.165, 1.54) is 6.08 Å². The van der Waals surface area contributed by atoms with E-state index in [4.69, 9.17) is 4.74 Å². The monoisotopic (exact) mass is 182 g/mol. The van der Waals surface area contributed by atoms with Gasteiger partial charge in [-0.25, -0.2) is 4.79 Å². The van der Waals surface area contributed by atoms with Crippen LogP contribution in [0, 0.1) is 0 Å². The highest BCUT2D eigenvalue weighted by molar-refractivity contribution is 6.03. The van der Waals surface area contributed by atoms with Gasteiger partial charge in [0.15, 0.2) is 5.78 Å². The molecule has 0 spiro atoms. The lowest BCUT2D eigenvalue weighted by Crippen LogP contribution is -2.24. The molecule has 0 radical (unpaired) electrons. The fraction of sp³-hybridized carbons (Fsp3) is 0.600. The third kappa shape index (κ3) is 3.01. The molecule has 0 heterocycles. The van der Waals surface area contributed by atoms with Gasteiger partial charge in [0.05, 0.1) is 0 Å². The van der Waals surface area contributed by atoms with E-state index in [1.54, 1.807) is 0 Å². The zero-order valence-electron chi connectivity index (χ0n) is 8.22. The Balaban J connectivity index is 2.59. The van der Waals surface area contributed by atoms with Crippen molar-refractivity contribution in [2.24, 2.45) is 0 Å². The summed E-state index contributed by atoms with van der Waals surface area (Å²) in [6.07, 6.45) is 2.34. The van der Waals surface area contributed by atoms with Gasteiger partial charge >= 0.3 is 5.97 Å². The maximum Gasteiger partial charge on any atom is 0.334 e. The maximum absolute atomic E-state index is 11.4. The number of hydrogen-bond acceptors (Lipinski definition) is 3. The summed E-state index contributed by atoms with van der Waals surface area (Å²) in [6, 6.07) is 0. The smallest absolute Gasteiger partial charge is 0.334 e. The molecule has 72 valence electrons. The van der Waals surface area contributed by atoms with E-state index in [2.05, 4.69) is 0 Å². The number of ether oxygens (including phenoxy) is 1. The number of esters is 1. The molecule has 0 amide bonds. The summed E-state index contributed by atoms with van der Waals surface area (Å²) in [6.45, 7) is 5.42. The topological polar surface area (TPSA) is 43.4 Å². The van der Waals surface area contributed by atoms with Crippen LogP contribution in [0.3, 0.4) is 0 Å². The lowest BCUT2D eigenvalue weighted by atomic mass is 10.2. The molecule has 0 fully saturated rings. The lowest BCUT2D eigenvalue weighted by molar-refractivity contribution is -0.150. The third-order valence-corrected chi connectivity index (χ3v) is 1.64. The standard InChI is InChI=1S/C10H14O3/c1-10(2,3)13-9(12)7-4-5-8(11)6-7/h6H,4-5H2,1-3H3. The van der Waals surface area contributed by atoms with Gasteiger partial charge in [-0.3, -0.25) is 4.79 Å². The number of carbonyl (C=O) groups is 2. The van der Waals surface area contributed by atoms with Crippen LogP contribution in [0.5, 0.6) is 0 Å². The summed E-state index contributed by atoms with van der Waals surface area (Å²) in [5, 5.41) is 0. The Hall–Kier alpha value is -1.12. The predicted octanol–water partition coefficient (Wildman–Crippen LogP) is 1.62. The molecule has 0 aromatic heterocycles. The van der Waals surface area contributed by atoms with Crippen LogP contribution < -0.4 is 0 Å². The number of rotatable bonds is 1. The molecule has 3 heteroatoms. The van der Waals surface area contributed by atoms with Gasteiger partial charge in [0.1, 0.15) is 5.60 Å². The molecule has 0 unspecified atom stereocenters. The summed E-state index contributed by atoms with van der Waals surface area (Å²) >= 11 is 0. The zero-order valence-corrected chi connectivity index (χ0v) is 8.22. The molecule has 0 bridgehead atoms. The van der Waals surface area contributed by atoms with Crippen molar-refractivity contribution in [2.75, 3.05) is 0 Å². The minimum Gasteiger partial charge on any atom is -0.457 e. The van der Waals surface area contributed by atoms with Crippen molar-refractivity contribution in [3.63, 3.8) is 0 Å². The van der Waals surface area contributed by atoms with Crippen molar-refractivity contribution in [1.29, 1.82) is 0 Å². The van der Waals surface area contributed by atoms with Crippen molar-refractivity contribution in [1.82, 2.24) is 0 Å². The number of ketones is 1. The SMILES string of the molecule is CC(C)(C)OC(=O)C1=CC(=O)CC1. The van der Waals surface area contributed by atoms with Crippen molar-refractivity contribution in [2.45, 2.75) is 39.2 Å². The second-order valence-corrected chi connectivity index (χ2v) is 4.14. The largest absolute Gasteiger partial charge is 0.457 e. The molecule has 13 heavy (non-hydrogen) atoms. The predicted molar refractivity (Wildman–Crippen MR) is 48.2 cm³/mol. The Bertz CT molecular complexity index is 268. The Morgan fingerprint density at radius 1 is 1.38 bits per heavy atom. The molecule has 0 aliphatic heterocycles. The first-order valence-corrected chi connectivity index (χ1v) is 4.35. The van der Waals surface area contributed by atoms with Crippen LogP contribution in [0.15, 0.2) is 11.6 Å². The molecular formula is C10H14O3. The van der Waals surface area contributed by atoms with Crippen LogP contribution in [-0.2, 0) is 14.3 Å². The highest BCUT2D eigenvalue weighted by Crippen LogP contribution is 2.19. The zero-order chi connectivity index (χ0) is 10.1. The summed E-state index contributed by atoms with van der Waals surface area (Å²) in [4.78, 5) is 22.2. The molecule has 1 aliphatic rings. The first-order valence-electron chi connectivity index (χ1n) is 4.35. The second-order valence-electron chi connectivity index (χ2n) is 4.14. The van der Waals surface area contributed by atoms with Gasteiger partial charge < -0.3 is 4.74 Å². The highest BCUT2D eigenvalue weighted by atomic mass is 16.6. The van der Waals surface area contributed by atoms with Crippen LogP contribution in [-0.4, -0.2) is 17.4 Å². The summed E-state index contributed by atoms with van der Waals surface area (Å²) in [5.74, 6) is -0.348. The number of allylic oxidation sites excluding steroid dienone is 1. The van der Waals surface area contributed by atoms with Crippen LogP contribution in [0.1, 0.15) is 33.6 Å². The van der Waals surface area contributed by atoms with Crippen molar-refractivity contribution in [3.05, 3.63) is 11.6 Å². The minimum atomic E-state index is -0.483. The highest BCUT2D eigenvalue weighted by Gasteiger charge is 2.23. The van der Waals surface area contributed by atoms with Gasteiger partial charge in [0, 0.05) is 12.0 Å². The van der Waals surface area contributed by atoms with Gasteiger partial charge in [-0.05, 0) is 33.3 Å². The molecular weight excluding hydrogens is 168 g/mol. The molecule has 0 aromatic rings. The van der Waals surface area contributed by atoms with E-state index >= 15 is 0 Å². The molecule has 0 saturated heterocycles. The summed E-state index contributed by atoms with van der Waals surface area (Å²) in [5.41, 5.74) is 0.0174. The average molecular weight is 182 g/mol. The van der Waals surface area contributed by atoms with E-state index in [0.717, 1.165) is 0 Å². The second kappa shape index (κ2) is 3.32. The Labute approximate surface area is 77.8 Å². The summed E-state index contributed by atoms with van der Waals surface area (Å²) < 4.78 is 5.11. The fourth-order valence-corrected chi connectivity index (χ4v) is 1.10. The van der Waals surface area contributed by atoms with Gasteiger partial charge in [0.2, 0.25) is 0 Å². The van der Waals surface area contributed by atoms with E-state index in [-0.39, 0.29) is 11.8 Å². The van der Waals surface area contributed by atoms with Gasteiger partial charge in [0.25, 0.3) is 0 Å².